The van der Waals surface area contributed by atoms with Gasteiger partial charge in [-0.1, -0.05) is 25.1 Å². The van der Waals surface area contributed by atoms with Gasteiger partial charge in [0.2, 0.25) is 0 Å². The Hall–Kier alpha value is -2.23. The normalized spacial score (nSPS) is 11.4. The van der Waals surface area contributed by atoms with Crippen molar-refractivity contribution in [2.75, 3.05) is 5.73 Å². The molecule has 1 aromatic carbocycles. The number of hydrogen-bond donors (Lipinski definition) is 1. The Balaban J connectivity index is 2.39. The predicted octanol–water partition coefficient (Wildman–Crippen LogP) is 3.03. The summed E-state index contributed by atoms with van der Waals surface area (Å²) in [4.78, 5) is 0. The van der Waals surface area contributed by atoms with Crippen LogP contribution < -0.4 is 5.73 Å². The lowest BCUT2D eigenvalue weighted by atomic mass is 10.0. The largest absolute Gasteiger partial charge is 0.384 e. The van der Waals surface area contributed by atoms with Gasteiger partial charge in [-0.2, -0.15) is 5.10 Å². The van der Waals surface area contributed by atoms with Crippen molar-refractivity contribution in [3.05, 3.63) is 35.5 Å². The number of nitrogens with two attached hydrogens (primary N) is 1. The monoisotopic (exact) mass is 268 g/mol. The van der Waals surface area contributed by atoms with Crippen LogP contribution in [0.5, 0.6) is 0 Å². The highest BCUT2D eigenvalue weighted by molar-refractivity contribution is 5.99. The highest BCUT2D eigenvalue weighted by Gasteiger charge is 2.18. The summed E-state index contributed by atoms with van der Waals surface area (Å²) < 4.78 is 3.98. The minimum Gasteiger partial charge on any atom is -0.384 e. The fraction of sp³-hybridized carbons (Fsp3) is 0.312. The summed E-state index contributed by atoms with van der Waals surface area (Å²) in [6.45, 7) is 4.33. The summed E-state index contributed by atoms with van der Waals surface area (Å²) in [5, 5.41) is 5.79. The van der Waals surface area contributed by atoms with Crippen molar-refractivity contribution in [2.24, 2.45) is 14.1 Å². The molecule has 0 aliphatic carbocycles. The number of rotatable bonds is 2. The maximum Gasteiger partial charge on any atom is 0.121 e. The van der Waals surface area contributed by atoms with Crippen molar-refractivity contribution in [3.8, 4) is 11.3 Å². The zero-order chi connectivity index (χ0) is 14.4. The van der Waals surface area contributed by atoms with Crippen molar-refractivity contribution >= 4 is 16.7 Å². The Morgan fingerprint density at radius 1 is 1.25 bits per heavy atom. The molecule has 0 radical (unpaired) electrons. The Bertz CT molecular complexity index is 773. The molecule has 0 amide bonds. The summed E-state index contributed by atoms with van der Waals surface area (Å²) in [5.74, 6) is 0.683. The Kier molecular flexibility index (Phi) is 2.82. The lowest BCUT2D eigenvalue weighted by Gasteiger charge is -2.03. The third kappa shape index (κ3) is 1.64. The number of hydrogen-bond acceptors (Lipinski definition) is 2. The molecule has 2 heterocycles. The molecule has 0 spiro atoms. The first-order chi connectivity index (χ1) is 9.54. The predicted molar refractivity (Wildman–Crippen MR) is 83.6 cm³/mol. The Labute approximate surface area is 118 Å². The van der Waals surface area contributed by atoms with Crippen LogP contribution >= 0.6 is 0 Å². The third-order valence-electron chi connectivity index (χ3n) is 4.14. The molecule has 3 rings (SSSR count). The van der Waals surface area contributed by atoms with Gasteiger partial charge in [0, 0.05) is 36.8 Å². The van der Waals surface area contributed by atoms with Gasteiger partial charge < -0.3 is 10.3 Å². The lowest BCUT2D eigenvalue weighted by molar-refractivity contribution is 0.782. The maximum atomic E-state index is 5.93. The molecule has 104 valence electrons. The van der Waals surface area contributed by atoms with Crippen LogP contribution in [-0.2, 0) is 20.5 Å². The second-order valence-electron chi connectivity index (χ2n) is 5.26. The van der Waals surface area contributed by atoms with E-state index in [0.717, 1.165) is 12.1 Å². The summed E-state index contributed by atoms with van der Waals surface area (Å²) in [5.41, 5.74) is 11.9. The van der Waals surface area contributed by atoms with Crippen LogP contribution in [-0.4, -0.2) is 14.3 Å². The molecule has 0 unspecified atom stereocenters. The fourth-order valence-corrected chi connectivity index (χ4v) is 2.93. The van der Waals surface area contributed by atoms with Gasteiger partial charge in [0.1, 0.15) is 5.82 Å². The van der Waals surface area contributed by atoms with E-state index in [4.69, 9.17) is 5.73 Å². The average molecular weight is 268 g/mol. The second-order valence-corrected chi connectivity index (χ2v) is 5.26. The van der Waals surface area contributed by atoms with Gasteiger partial charge in [0.05, 0.1) is 11.2 Å². The van der Waals surface area contributed by atoms with Gasteiger partial charge in [0.15, 0.2) is 0 Å². The van der Waals surface area contributed by atoms with Crippen molar-refractivity contribution in [2.45, 2.75) is 20.3 Å². The van der Waals surface area contributed by atoms with E-state index in [0.29, 0.717) is 5.82 Å². The number of anilines is 1. The summed E-state index contributed by atoms with van der Waals surface area (Å²) in [6.07, 6.45) is 1.03. The van der Waals surface area contributed by atoms with Crippen LogP contribution in [0.3, 0.4) is 0 Å². The van der Waals surface area contributed by atoms with E-state index in [1.807, 2.05) is 13.1 Å². The number of benzene rings is 1. The topological polar surface area (TPSA) is 48.8 Å². The highest BCUT2D eigenvalue weighted by Crippen LogP contribution is 2.35. The molecule has 0 saturated carbocycles. The SMILES string of the molecule is CCc1cccc2c(-c3cc(N)n(C)n3)c(C)n(C)c12. The number of fused-ring (bicyclic) bond motifs is 1. The fourth-order valence-electron chi connectivity index (χ4n) is 2.93. The van der Waals surface area contributed by atoms with E-state index in [9.17, 15) is 0 Å². The number of nitrogen functional groups attached to an aromatic ring is 1. The first kappa shape index (κ1) is 12.8. The van der Waals surface area contributed by atoms with E-state index in [2.05, 4.69) is 48.8 Å². The van der Waals surface area contributed by atoms with Crippen LogP contribution in [0.25, 0.3) is 22.2 Å². The molecule has 4 heteroatoms. The second kappa shape index (κ2) is 4.40. The summed E-state index contributed by atoms with van der Waals surface area (Å²) in [6, 6.07) is 8.43. The molecule has 0 saturated heterocycles. The van der Waals surface area contributed by atoms with E-state index in [1.165, 1.54) is 27.7 Å². The molecule has 0 fully saturated rings. The molecule has 0 aliphatic rings. The molecule has 2 aromatic heterocycles. The molecule has 2 N–H and O–H groups in total. The van der Waals surface area contributed by atoms with Crippen molar-refractivity contribution in [1.82, 2.24) is 14.3 Å². The van der Waals surface area contributed by atoms with Crippen LogP contribution in [0.4, 0.5) is 5.82 Å². The molecule has 3 aromatic rings. The first-order valence-corrected chi connectivity index (χ1v) is 6.91. The van der Waals surface area contributed by atoms with E-state index in [1.54, 1.807) is 4.68 Å². The van der Waals surface area contributed by atoms with Gasteiger partial charge in [-0.05, 0) is 18.9 Å². The van der Waals surface area contributed by atoms with Crippen LogP contribution in [0, 0.1) is 6.92 Å². The summed E-state index contributed by atoms with van der Waals surface area (Å²) >= 11 is 0. The number of nitrogens with zero attached hydrogens (tertiary/aromatic N) is 3. The van der Waals surface area contributed by atoms with Crippen LogP contribution in [0.2, 0.25) is 0 Å². The average Bonchev–Trinajstić information content (AvgIpc) is 2.89. The van der Waals surface area contributed by atoms with Gasteiger partial charge >= 0.3 is 0 Å². The summed E-state index contributed by atoms with van der Waals surface area (Å²) in [7, 11) is 3.99. The zero-order valence-corrected chi connectivity index (χ0v) is 12.4. The third-order valence-corrected chi connectivity index (χ3v) is 4.14. The molecule has 0 aliphatic heterocycles. The minimum absolute atomic E-state index is 0.683. The van der Waals surface area contributed by atoms with Gasteiger partial charge in [0.25, 0.3) is 0 Å². The minimum atomic E-state index is 0.683. The van der Waals surface area contributed by atoms with Crippen molar-refractivity contribution < 1.29 is 0 Å². The number of para-hydroxylation sites is 1. The number of aryl methyl sites for hydroxylation is 3. The van der Waals surface area contributed by atoms with E-state index in [-0.39, 0.29) is 0 Å². The van der Waals surface area contributed by atoms with E-state index >= 15 is 0 Å². The zero-order valence-electron chi connectivity index (χ0n) is 12.4. The maximum absolute atomic E-state index is 5.93. The molecule has 0 atom stereocenters. The smallest absolute Gasteiger partial charge is 0.121 e. The Morgan fingerprint density at radius 2 is 2.00 bits per heavy atom. The van der Waals surface area contributed by atoms with Crippen LogP contribution in [0.15, 0.2) is 24.3 Å². The molecule has 4 nitrogen and oxygen atoms in total. The van der Waals surface area contributed by atoms with Crippen molar-refractivity contribution in [1.29, 1.82) is 0 Å². The highest BCUT2D eigenvalue weighted by atomic mass is 15.3. The van der Waals surface area contributed by atoms with E-state index < -0.39 is 0 Å². The molecular weight excluding hydrogens is 248 g/mol. The van der Waals surface area contributed by atoms with Gasteiger partial charge in [-0.15, -0.1) is 0 Å². The lowest BCUT2D eigenvalue weighted by Crippen LogP contribution is -1.96. The standard InChI is InChI=1S/C16H20N4/c1-5-11-7-6-8-12-15(10(2)19(3)16(11)12)13-9-14(17)20(4)18-13/h6-9H,5,17H2,1-4H3. The number of aromatic nitrogens is 3. The van der Waals surface area contributed by atoms with Crippen LogP contribution in [0.1, 0.15) is 18.2 Å². The molecular formula is C16H20N4. The first-order valence-electron chi connectivity index (χ1n) is 6.91. The molecule has 20 heavy (non-hydrogen) atoms. The molecule has 0 bridgehead atoms. The van der Waals surface area contributed by atoms with Gasteiger partial charge in [-0.3, -0.25) is 4.68 Å². The Morgan fingerprint density at radius 3 is 2.60 bits per heavy atom. The van der Waals surface area contributed by atoms with Crippen molar-refractivity contribution in [3.63, 3.8) is 0 Å². The quantitative estimate of drug-likeness (QED) is 0.776. The van der Waals surface area contributed by atoms with Gasteiger partial charge in [-0.25, -0.2) is 0 Å².